The number of aliphatic hydroxyl groups is 1. The van der Waals surface area contributed by atoms with Crippen molar-refractivity contribution in [2.24, 2.45) is 33.7 Å². The van der Waals surface area contributed by atoms with Crippen LogP contribution in [-0.4, -0.2) is 63.8 Å². The minimum Gasteiger partial charge on any atom is -0.480 e. The number of Topliss-reactive ketones (excluding diaryl/α,β-unsaturated/α-hetero) is 1. The Morgan fingerprint density at radius 2 is 1.79 bits per heavy atom. The Balaban J connectivity index is 1.32. The van der Waals surface area contributed by atoms with Gasteiger partial charge in [-0.25, -0.2) is 4.79 Å². The van der Waals surface area contributed by atoms with Crippen LogP contribution in [0.5, 0.6) is 0 Å². The summed E-state index contributed by atoms with van der Waals surface area (Å²) in [5.41, 5.74) is 0.662. The molecular weight excluding hydrogens is 538 g/mol. The first kappa shape index (κ1) is 32.2. The number of hydrogen-bond acceptors (Lipinski definition) is 7. The Hall–Kier alpha value is -2.75. The van der Waals surface area contributed by atoms with Crippen LogP contribution >= 0.6 is 0 Å². The van der Waals surface area contributed by atoms with Crippen LogP contribution < -0.4 is 10.6 Å². The van der Waals surface area contributed by atoms with Gasteiger partial charge in [0, 0.05) is 5.41 Å². The molecule has 3 saturated carbocycles. The zero-order valence-electron chi connectivity index (χ0n) is 25.8. The van der Waals surface area contributed by atoms with Gasteiger partial charge in [0.05, 0.1) is 5.71 Å². The molecule has 10 nitrogen and oxygen atoms in total. The number of ketones is 1. The quantitative estimate of drug-likeness (QED) is 0.267. The number of carboxylic acids is 1. The molecule has 8 atom stereocenters. The lowest BCUT2D eigenvalue weighted by molar-refractivity contribution is -0.159. The first-order valence-electron chi connectivity index (χ1n) is 15.7. The van der Waals surface area contributed by atoms with Crippen molar-refractivity contribution >= 4 is 29.3 Å². The largest absolute Gasteiger partial charge is 0.480 e. The lowest BCUT2D eigenvalue weighted by atomic mass is 9.46. The molecule has 0 saturated heterocycles. The van der Waals surface area contributed by atoms with E-state index < -0.39 is 35.5 Å². The molecule has 234 valence electrons. The number of nitrogens with zero attached hydrogens (tertiary/aromatic N) is 1. The molecule has 0 heterocycles. The smallest absolute Gasteiger partial charge is 0.326 e. The molecule has 4 aliphatic carbocycles. The molecule has 4 N–H and O–H groups in total. The number of unbranched alkanes of at least 4 members (excludes halogenated alkanes) is 1. The predicted molar refractivity (Wildman–Crippen MR) is 157 cm³/mol. The van der Waals surface area contributed by atoms with Gasteiger partial charge in [-0.15, -0.1) is 0 Å². The third-order valence-electron chi connectivity index (χ3n) is 11.3. The third kappa shape index (κ3) is 5.88. The molecule has 42 heavy (non-hydrogen) atoms. The Bertz CT molecular complexity index is 1150. The van der Waals surface area contributed by atoms with Crippen LogP contribution in [0.3, 0.4) is 0 Å². The van der Waals surface area contributed by atoms with Crippen molar-refractivity contribution < 1.29 is 34.2 Å². The van der Waals surface area contributed by atoms with E-state index in [4.69, 9.17) is 4.84 Å². The van der Waals surface area contributed by atoms with Gasteiger partial charge >= 0.3 is 5.97 Å². The van der Waals surface area contributed by atoms with Crippen molar-refractivity contribution in [3.05, 3.63) is 11.6 Å². The Kier molecular flexibility index (Phi) is 9.55. The SMILES string of the molecule is CCCCC(NC(=O)C(C)NC(=O)CON=C1C=C2CC[C@@H]3[C@H](CC[C@@]4(C)[C@H]3CC[C@]4(O)C(C)=O)[C@@]2(C)CC1)C(=O)O. The van der Waals surface area contributed by atoms with Crippen LogP contribution in [0.15, 0.2) is 16.8 Å². The van der Waals surface area contributed by atoms with Crippen LogP contribution in [0.25, 0.3) is 0 Å². The predicted octanol–water partition coefficient (Wildman–Crippen LogP) is 3.91. The maximum Gasteiger partial charge on any atom is 0.326 e. The summed E-state index contributed by atoms with van der Waals surface area (Å²) in [6.45, 7) is 9.14. The number of fused-ring (bicyclic) bond motifs is 5. The molecule has 3 fully saturated rings. The number of carbonyl (C=O) groups is 4. The number of carboxylic acid groups (broad SMARTS) is 1. The highest BCUT2D eigenvalue weighted by Crippen LogP contribution is 2.67. The van der Waals surface area contributed by atoms with Crippen molar-refractivity contribution in [1.29, 1.82) is 0 Å². The van der Waals surface area contributed by atoms with Gasteiger partial charge in [-0.05, 0) is 101 Å². The summed E-state index contributed by atoms with van der Waals surface area (Å²) >= 11 is 0. The number of allylic oxidation sites excluding steroid dienone is 2. The number of aliphatic carboxylic acids is 1. The Morgan fingerprint density at radius 1 is 1.07 bits per heavy atom. The number of nitrogens with one attached hydrogen (secondary N) is 2. The van der Waals surface area contributed by atoms with E-state index in [1.165, 1.54) is 12.5 Å². The van der Waals surface area contributed by atoms with Crippen molar-refractivity contribution in [3.63, 3.8) is 0 Å². The Morgan fingerprint density at radius 3 is 2.45 bits per heavy atom. The van der Waals surface area contributed by atoms with Gasteiger partial charge in [0.1, 0.15) is 17.7 Å². The van der Waals surface area contributed by atoms with Crippen LogP contribution in [0, 0.1) is 28.6 Å². The van der Waals surface area contributed by atoms with Crippen molar-refractivity contribution in [2.75, 3.05) is 6.61 Å². The van der Waals surface area contributed by atoms with E-state index in [1.54, 1.807) is 6.92 Å². The number of hydrogen-bond donors (Lipinski definition) is 4. The molecular formula is C32H49N3O7. The summed E-state index contributed by atoms with van der Waals surface area (Å²) in [6.07, 6.45) is 11.0. The number of amides is 2. The normalized spacial score (nSPS) is 36.0. The molecule has 0 aromatic heterocycles. The molecule has 0 bridgehead atoms. The second-order valence-corrected chi connectivity index (χ2v) is 13.6. The lowest BCUT2D eigenvalue weighted by Gasteiger charge is -2.59. The summed E-state index contributed by atoms with van der Waals surface area (Å²) < 4.78 is 0. The van der Waals surface area contributed by atoms with Gasteiger partial charge in [0.25, 0.3) is 5.91 Å². The fourth-order valence-corrected chi connectivity index (χ4v) is 8.72. The summed E-state index contributed by atoms with van der Waals surface area (Å²) in [5.74, 6) is -0.895. The lowest BCUT2D eigenvalue weighted by Crippen LogP contribution is -2.57. The summed E-state index contributed by atoms with van der Waals surface area (Å²) in [7, 11) is 0. The fourth-order valence-electron chi connectivity index (χ4n) is 8.72. The van der Waals surface area contributed by atoms with E-state index in [-0.39, 0.29) is 23.2 Å². The van der Waals surface area contributed by atoms with E-state index in [9.17, 15) is 29.4 Å². The molecule has 4 aliphatic rings. The topological polar surface area (TPSA) is 154 Å². The monoisotopic (exact) mass is 587 g/mol. The average Bonchev–Trinajstić information content (AvgIpc) is 3.22. The van der Waals surface area contributed by atoms with Gasteiger partial charge in [-0.1, -0.05) is 44.3 Å². The summed E-state index contributed by atoms with van der Waals surface area (Å²) in [6, 6.07) is -1.90. The van der Waals surface area contributed by atoms with Gasteiger partial charge in [-0.3, -0.25) is 14.4 Å². The average molecular weight is 588 g/mol. The van der Waals surface area contributed by atoms with Crippen molar-refractivity contribution in [1.82, 2.24) is 10.6 Å². The summed E-state index contributed by atoms with van der Waals surface area (Å²) in [5, 5.41) is 29.9. The van der Waals surface area contributed by atoms with E-state index in [0.29, 0.717) is 37.0 Å². The highest BCUT2D eigenvalue weighted by Gasteiger charge is 2.65. The molecule has 4 rings (SSSR count). The van der Waals surface area contributed by atoms with Crippen molar-refractivity contribution in [3.8, 4) is 0 Å². The van der Waals surface area contributed by atoms with E-state index >= 15 is 0 Å². The second-order valence-electron chi connectivity index (χ2n) is 13.6. The van der Waals surface area contributed by atoms with Gasteiger partial charge in [0.2, 0.25) is 5.91 Å². The first-order valence-corrected chi connectivity index (χ1v) is 15.7. The van der Waals surface area contributed by atoms with Gasteiger partial charge < -0.3 is 25.7 Å². The molecule has 2 unspecified atom stereocenters. The summed E-state index contributed by atoms with van der Waals surface area (Å²) in [4.78, 5) is 54.0. The minimum atomic E-state index is -1.20. The molecule has 0 aliphatic heterocycles. The maximum atomic E-state index is 12.5. The van der Waals surface area contributed by atoms with Gasteiger partial charge in [0.15, 0.2) is 12.4 Å². The third-order valence-corrected chi connectivity index (χ3v) is 11.3. The van der Waals surface area contributed by atoms with Crippen LogP contribution in [-0.2, 0) is 24.0 Å². The van der Waals surface area contributed by atoms with Crippen molar-refractivity contribution in [2.45, 2.75) is 123 Å². The molecule has 10 heteroatoms. The second kappa shape index (κ2) is 12.5. The van der Waals surface area contributed by atoms with E-state index in [1.807, 2.05) is 6.92 Å². The highest BCUT2D eigenvalue weighted by atomic mass is 16.6. The zero-order valence-corrected chi connectivity index (χ0v) is 25.8. The van der Waals surface area contributed by atoms with E-state index in [2.05, 4.69) is 35.7 Å². The zero-order chi connectivity index (χ0) is 30.9. The standard InChI is InChI=1S/C32H49N3O7/c1-6-7-8-26(29(39)40)34-28(38)19(2)33-27(37)18-42-35-22-11-14-30(4)21(17-22)9-10-23-24(30)12-15-31(5)25(23)13-16-32(31,41)20(3)36/h17,19,23-26,41H,6-16,18H2,1-5H3,(H,33,37)(H,34,38)(H,39,40)/t19?,23-,24+,25+,26?,30+,31+,32+/m1/s1. The number of oxime groups is 1. The maximum absolute atomic E-state index is 12.5. The first-order chi connectivity index (χ1) is 19.8. The molecule has 0 spiro atoms. The highest BCUT2D eigenvalue weighted by molar-refractivity contribution is 5.96. The Labute approximate surface area is 249 Å². The fraction of sp³-hybridized carbons (Fsp3) is 0.781. The molecule has 0 aromatic rings. The molecule has 0 radical (unpaired) electrons. The van der Waals surface area contributed by atoms with Gasteiger partial charge in [-0.2, -0.15) is 0 Å². The molecule has 0 aromatic carbocycles. The minimum absolute atomic E-state index is 0.0469. The van der Waals surface area contributed by atoms with E-state index in [0.717, 1.165) is 57.1 Å². The van der Waals surface area contributed by atoms with Crippen LogP contribution in [0.4, 0.5) is 0 Å². The van der Waals surface area contributed by atoms with Crippen LogP contribution in [0.2, 0.25) is 0 Å². The number of carbonyl (C=O) groups excluding carboxylic acids is 3. The number of rotatable bonds is 11. The van der Waals surface area contributed by atoms with Crippen LogP contribution in [0.1, 0.15) is 105 Å². The molecule has 2 amide bonds.